The molecule has 0 bridgehead atoms. The van der Waals surface area contributed by atoms with E-state index in [2.05, 4.69) is 36.2 Å². The summed E-state index contributed by atoms with van der Waals surface area (Å²) in [5, 5.41) is 6.22. The van der Waals surface area contributed by atoms with Gasteiger partial charge in [0.05, 0.1) is 23.1 Å². The molecule has 1 aliphatic rings. The number of H-pyrrole nitrogens is 1. The molecule has 2 aromatic heterocycles. The molecule has 1 unspecified atom stereocenters. The maximum atomic E-state index is 12.5. The number of aromatic nitrogens is 4. The minimum Gasteiger partial charge on any atom is -0.354 e. The predicted octanol–water partition coefficient (Wildman–Crippen LogP) is 0.842. The van der Waals surface area contributed by atoms with Crippen LogP contribution in [0.4, 0.5) is 0 Å². The number of carbonyl (C=O) groups excluding carboxylic acids is 1. The normalized spacial score (nSPS) is 17.0. The largest absolute Gasteiger partial charge is 0.354 e. The summed E-state index contributed by atoms with van der Waals surface area (Å²) in [5.74, 6) is 0.926. The summed E-state index contributed by atoms with van der Waals surface area (Å²) in [4.78, 5) is 24.5. The first-order valence-corrected chi connectivity index (χ1v) is 8.17. The van der Waals surface area contributed by atoms with E-state index in [0.29, 0.717) is 13.0 Å². The molecular formula is C17H20N6O. The maximum Gasteiger partial charge on any atom is 0.243 e. The fourth-order valence-corrected chi connectivity index (χ4v) is 3.25. The average molecular weight is 324 g/mol. The Balaban J connectivity index is 1.41. The summed E-state index contributed by atoms with van der Waals surface area (Å²) in [7, 11) is 2.01. The molecular weight excluding hydrogens is 304 g/mol. The number of imidazole rings is 2. The van der Waals surface area contributed by atoms with Crippen molar-refractivity contribution in [2.75, 3.05) is 13.1 Å². The number of fused-ring (bicyclic) bond motifs is 2. The molecule has 1 amide bonds. The number of hydrogen-bond donors (Lipinski definition) is 3. The summed E-state index contributed by atoms with van der Waals surface area (Å²) in [6, 6.07) is 7.67. The Morgan fingerprint density at radius 1 is 1.42 bits per heavy atom. The van der Waals surface area contributed by atoms with Gasteiger partial charge in [-0.2, -0.15) is 0 Å². The van der Waals surface area contributed by atoms with Crippen LogP contribution in [0.5, 0.6) is 0 Å². The summed E-state index contributed by atoms with van der Waals surface area (Å²) >= 11 is 0. The maximum absolute atomic E-state index is 12.5. The predicted molar refractivity (Wildman–Crippen MR) is 90.5 cm³/mol. The van der Waals surface area contributed by atoms with E-state index in [-0.39, 0.29) is 11.9 Å². The van der Waals surface area contributed by atoms with Gasteiger partial charge in [0.15, 0.2) is 0 Å². The number of aryl methyl sites for hydroxylation is 1. The zero-order valence-corrected chi connectivity index (χ0v) is 13.5. The molecule has 0 radical (unpaired) electrons. The van der Waals surface area contributed by atoms with Crippen LogP contribution in [0.1, 0.15) is 23.3 Å². The van der Waals surface area contributed by atoms with Crippen molar-refractivity contribution in [1.82, 2.24) is 30.2 Å². The van der Waals surface area contributed by atoms with Crippen LogP contribution in [0, 0.1) is 0 Å². The molecule has 3 heterocycles. The SMILES string of the molecule is Cn1c(CCNC(=O)C2NCCc3[nH]cnc32)nc2ccccc21. The first-order valence-electron chi connectivity index (χ1n) is 8.17. The molecule has 1 aromatic carbocycles. The Hall–Kier alpha value is -2.67. The fraction of sp³-hybridized carbons (Fsp3) is 0.353. The third-order valence-corrected chi connectivity index (χ3v) is 4.54. The molecule has 7 nitrogen and oxygen atoms in total. The molecule has 3 aromatic rings. The van der Waals surface area contributed by atoms with Crippen molar-refractivity contribution >= 4 is 16.9 Å². The van der Waals surface area contributed by atoms with Crippen LogP contribution in [-0.4, -0.2) is 38.5 Å². The summed E-state index contributed by atoms with van der Waals surface area (Å²) in [6.45, 7) is 1.33. The number of benzene rings is 1. The summed E-state index contributed by atoms with van der Waals surface area (Å²) < 4.78 is 2.08. The molecule has 4 rings (SSSR count). The van der Waals surface area contributed by atoms with Gasteiger partial charge >= 0.3 is 0 Å². The monoisotopic (exact) mass is 324 g/mol. The molecule has 0 saturated carbocycles. The van der Waals surface area contributed by atoms with Crippen molar-refractivity contribution in [2.24, 2.45) is 7.05 Å². The van der Waals surface area contributed by atoms with Gasteiger partial charge in [-0.15, -0.1) is 0 Å². The van der Waals surface area contributed by atoms with Crippen LogP contribution >= 0.6 is 0 Å². The fourth-order valence-electron chi connectivity index (χ4n) is 3.25. The zero-order chi connectivity index (χ0) is 16.5. The first-order chi connectivity index (χ1) is 11.7. The van der Waals surface area contributed by atoms with Crippen LogP contribution in [0.15, 0.2) is 30.6 Å². The number of hydrogen-bond acceptors (Lipinski definition) is 4. The van der Waals surface area contributed by atoms with Gasteiger partial charge in [0.25, 0.3) is 0 Å². The molecule has 1 aliphatic heterocycles. The van der Waals surface area contributed by atoms with E-state index in [4.69, 9.17) is 0 Å². The zero-order valence-electron chi connectivity index (χ0n) is 13.5. The van der Waals surface area contributed by atoms with E-state index in [1.54, 1.807) is 6.33 Å². The third-order valence-electron chi connectivity index (χ3n) is 4.54. The van der Waals surface area contributed by atoms with E-state index >= 15 is 0 Å². The smallest absolute Gasteiger partial charge is 0.243 e. The number of nitrogens with zero attached hydrogens (tertiary/aromatic N) is 3. The van der Waals surface area contributed by atoms with Crippen molar-refractivity contribution in [2.45, 2.75) is 18.9 Å². The minimum absolute atomic E-state index is 0.0400. The second-order valence-electron chi connectivity index (χ2n) is 6.02. The van der Waals surface area contributed by atoms with Gasteiger partial charge in [-0.3, -0.25) is 4.79 Å². The van der Waals surface area contributed by atoms with Crippen LogP contribution in [0.25, 0.3) is 11.0 Å². The van der Waals surface area contributed by atoms with Gasteiger partial charge in [0.1, 0.15) is 11.9 Å². The van der Waals surface area contributed by atoms with E-state index < -0.39 is 0 Å². The number of amides is 1. The van der Waals surface area contributed by atoms with Crippen LogP contribution in [0.3, 0.4) is 0 Å². The Kier molecular flexibility index (Phi) is 3.78. The Morgan fingerprint density at radius 3 is 3.17 bits per heavy atom. The second-order valence-corrected chi connectivity index (χ2v) is 6.02. The van der Waals surface area contributed by atoms with Gasteiger partial charge in [0.2, 0.25) is 5.91 Å². The van der Waals surface area contributed by atoms with Gasteiger partial charge in [-0.1, -0.05) is 12.1 Å². The van der Waals surface area contributed by atoms with Crippen LogP contribution in [0.2, 0.25) is 0 Å². The lowest BCUT2D eigenvalue weighted by molar-refractivity contribution is -0.123. The number of rotatable bonds is 4. The molecule has 0 spiro atoms. The number of nitrogens with one attached hydrogen (secondary N) is 3. The van der Waals surface area contributed by atoms with Crippen LogP contribution < -0.4 is 10.6 Å². The quantitative estimate of drug-likeness (QED) is 0.664. The average Bonchev–Trinajstić information content (AvgIpc) is 3.20. The lowest BCUT2D eigenvalue weighted by Crippen LogP contribution is -2.42. The highest BCUT2D eigenvalue weighted by Gasteiger charge is 2.28. The molecule has 0 fully saturated rings. The molecule has 124 valence electrons. The van der Waals surface area contributed by atoms with Gasteiger partial charge < -0.3 is 20.2 Å². The number of para-hydroxylation sites is 2. The molecule has 3 N–H and O–H groups in total. The highest BCUT2D eigenvalue weighted by atomic mass is 16.2. The van der Waals surface area contributed by atoms with Crippen molar-refractivity contribution in [3.63, 3.8) is 0 Å². The summed E-state index contributed by atoms with van der Waals surface area (Å²) in [6.07, 6.45) is 3.22. The van der Waals surface area contributed by atoms with Gasteiger partial charge in [-0.05, 0) is 12.1 Å². The number of carbonyl (C=O) groups is 1. The third kappa shape index (κ3) is 2.56. The topological polar surface area (TPSA) is 87.6 Å². The van der Waals surface area contributed by atoms with Crippen LogP contribution in [-0.2, 0) is 24.7 Å². The molecule has 7 heteroatoms. The Bertz CT molecular complexity index is 880. The van der Waals surface area contributed by atoms with Crippen molar-refractivity contribution in [3.05, 3.63) is 47.8 Å². The van der Waals surface area contributed by atoms with E-state index in [1.807, 2.05) is 25.2 Å². The molecule has 0 aliphatic carbocycles. The standard InChI is InChI=1S/C17H20N6O/c1-23-13-5-3-2-4-11(13)22-14(23)7-9-19-17(24)16-15-12(6-8-18-16)20-10-21-15/h2-5,10,16,18H,6-9H2,1H3,(H,19,24)(H,20,21). The Morgan fingerprint density at radius 2 is 2.29 bits per heavy atom. The van der Waals surface area contributed by atoms with Crippen molar-refractivity contribution < 1.29 is 4.79 Å². The molecule has 24 heavy (non-hydrogen) atoms. The van der Waals surface area contributed by atoms with Gasteiger partial charge in [-0.25, -0.2) is 9.97 Å². The Labute approximate surface area is 139 Å². The highest BCUT2D eigenvalue weighted by molar-refractivity contribution is 5.83. The number of aromatic amines is 1. The molecule has 1 atom stereocenters. The van der Waals surface area contributed by atoms with E-state index in [1.165, 1.54) is 0 Å². The highest BCUT2D eigenvalue weighted by Crippen LogP contribution is 2.19. The van der Waals surface area contributed by atoms with E-state index in [0.717, 1.165) is 41.2 Å². The lowest BCUT2D eigenvalue weighted by Gasteiger charge is -2.22. The lowest BCUT2D eigenvalue weighted by atomic mass is 10.1. The van der Waals surface area contributed by atoms with E-state index in [9.17, 15) is 4.79 Å². The van der Waals surface area contributed by atoms with Gasteiger partial charge in [0, 0.05) is 38.7 Å². The molecule has 0 saturated heterocycles. The summed E-state index contributed by atoms with van der Waals surface area (Å²) in [5.41, 5.74) is 3.94. The van der Waals surface area contributed by atoms with Crippen molar-refractivity contribution in [3.8, 4) is 0 Å². The van der Waals surface area contributed by atoms with Crippen molar-refractivity contribution in [1.29, 1.82) is 0 Å². The second kappa shape index (κ2) is 6.09. The minimum atomic E-state index is -0.375. The first kappa shape index (κ1) is 14.9.